The number of ether oxygens (including phenoxy) is 1. The number of aromatic nitrogens is 1. The van der Waals surface area contributed by atoms with Gasteiger partial charge in [-0.15, -0.1) is 0 Å². The minimum absolute atomic E-state index is 0.00746. The number of piperidine rings is 1. The van der Waals surface area contributed by atoms with Crippen LogP contribution < -0.4 is 10.2 Å². The molecule has 2 aromatic rings. The summed E-state index contributed by atoms with van der Waals surface area (Å²) in [5.74, 6) is -2.92. The van der Waals surface area contributed by atoms with E-state index in [0.29, 0.717) is 0 Å². The highest BCUT2D eigenvalue weighted by molar-refractivity contribution is 5.98. The van der Waals surface area contributed by atoms with Gasteiger partial charge in [0.1, 0.15) is 5.56 Å². The second-order valence-corrected chi connectivity index (χ2v) is 7.95. The summed E-state index contributed by atoms with van der Waals surface area (Å²) in [5.41, 5.74) is -0.364. The zero-order valence-electron chi connectivity index (χ0n) is 16.3. The van der Waals surface area contributed by atoms with Gasteiger partial charge in [-0.3, -0.25) is 9.59 Å². The van der Waals surface area contributed by atoms with Crippen LogP contribution in [0.15, 0.2) is 17.1 Å². The second kappa shape index (κ2) is 6.87. The normalized spacial score (nSPS) is 22.5. The average Bonchev–Trinajstić information content (AvgIpc) is 3.48. The maximum atomic E-state index is 14.3. The molecule has 2 atom stereocenters. The highest BCUT2D eigenvalue weighted by atomic mass is 19.2. The van der Waals surface area contributed by atoms with Crippen LogP contribution in [-0.2, 0) is 0 Å². The molecule has 2 fully saturated rings. The number of benzene rings is 1. The van der Waals surface area contributed by atoms with Crippen LogP contribution in [0.1, 0.15) is 62.4 Å². The van der Waals surface area contributed by atoms with Crippen LogP contribution in [0.2, 0.25) is 0 Å². The molecule has 0 radical (unpaired) electrons. The standard InChI is InChI=1S/C21H24F2N2O3/c1-11-5-4-6-12(2)25(11)21(27)15-10-24(13-7-8-13)18-14(19(15)26)9-16(22)17(23)20(18)28-3/h9-13H,4-8H2,1-3H3/t11-,12-/m0/s1. The molecule has 1 aliphatic carbocycles. The summed E-state index contributed by atoms with van der Waals surface area (Å²) in [6.07, 6.45) is 6.02. The molecule has 1 saturated carbocycles. The van der Waals surface area contributed by atoms with Crippen molar-refractivity contribution in [1.82, 2.24) is 9.47 Å². The molecule has 7 heteroatoms. The van der Waals surface area contributed by atoms with E-state index < -0.39 is 17.1 Å². The number of hydrogen-bond acceptors (Lipinski definition) is 3. The molecule has 1 aromatic carbocycles. The van der Waals surface area contributed by atoms with Gasteiger partial charge in [0.05, 0.1) is 18.0 Å². The number of nitrogens with zero attached hydrogens (tertiary/aromatic N) is 2. The first-order valence-electron chi connectivity index (χ1n) is 9.78. The largest absolute Gasteiger partial charge is 0.491 e. The zero-order chi connectivity index (χ0) is 20.2. The SMILES string of the molecule is COc1c(F)c(F)cc2c(=O)c(C(=O)N3[C@@H](C)CCC[C@@H]3C)cn(C3CC3)c12. The van der Waals surface area contributed by atoms with Crippen molar-refractivity contribution < 1.29 is 18.3 Å². The van der Waals surface area contributed by atoms with Crippen LogP contribution >= 0.6 is 0 Å². The van der Waals surface area contributed by atoms with E-state index in [0.717, 1.165) is 38.2 Å². The van der Waals surface area contributed by atoms with Crippen molar-refractivity contribution >= 4 is 16.8 Å². The molecule has 0 bridgehead atoms. The summed E-state index contributed by atoms with van der Waals surface area (Å²) >= 11 is 0. The molecule has 1 aliphatic heterocycles. The van der Waals surface area contributed by atoms with Crippen molar-refractivity contribution in [2.75, 3.05) is 7.11 Å². The highest BCUT2D eigenvalue weighted by Gasteiger charge is 2.34. The fourth-order valence-electron chi connectivity index (χ4n) is 4.37. The van der Waals surface area contributed by atoms with E-state index in [2.05, 4.69) is 0 Å². The second-order valence-electron chi connectivity index (χ2n) is 7.95. The quantitative estimate of drug-likeness (QED) is 0.795. The number of likely N-dealkylation sites (tertiary alicyclic amines) is 1. The molecular weight excluding hydrogens is 366 g/mol. The van der Waals surface area contributed by atoms with Crippen LogP contribution in [0.3, 0.4) is 0 Å². The number of methoxy groups -OCH3 is 1. The van der Waals surface area contributed by atoms with Gasteiger partial charge in [-0.05, 0) is 52.0 Å². The van der Waals surface area contributed by atoms with Crippen LogP contribution in [-0.4, -0.2) is 34.6 Å². The predicted molar refractivity (Wildman–Crippen MR) is 102 cm³/mol. The first kappa shape index (κ1) is 18.9. The lowest BCUT2D eigenvalue weighted by Gasteiger charge is -2.39. The van der Waals surface area contributed by atoms with Gasteiger partial charge in [0.25, 0.3) is 5.91 Å². The van der Waals surface area contributed by atoms with Crippen LogP contribution in [0.4, 0.5) is 8.78 Å². The number of rotatable bonds is 3. The van der Waals surface area contributed by atoms with Crippen molar-refractivity contribution in [3.8, 4) is 5.75 Å². The van der Waals surface area contributed by atoms with Crippen molar-refractivity contribution in [2.24, 2.45) is 0 Å². The van der Waals surface area contributed by atoms with E-state index in [1.54, 1.807) is 9.47 Å². The first-order chi connectivity index (χ1) is 13.3. The lowest BCUT2D eigenvalue weighted by Crippen LogP contribution is -2.48. The lowest BCUT2D eigenvalue weighted by atomic mass is 9.96. The smallest absolute Gasteiger partial charge is 0.259 e. The zero-order valence-corrected chi connectivity index (χ0v) is 16.3. The van der Waals surface area contributed by atoms with Gasteiger partial charge in [-0.25, -0.2) is 4.39 Å². The van der Waals surface area contributed by atoms with Crippen molar-refractivity contribution in [3.05, 3.63) is 39.7 Å². The number of carbonyl (C=O) groups is 1. The van der Waals surface area contributed by atoms with Crippen LogP contribution in [0.5, 0.6) is 5.75 Å². The highest BCUT2D eigenvalue weighted by Crippen LogP contribution is 2.40. The Morgan fingerprint density at radius 1 is 1.14 bits per heavy atom. The molecule has 5 nitrogen and oxygen atoms in total. The van der Waals surface area contributed by atoms with Crippen LogP contribution in [0.25, 0.3) is 10.9 Å². The van der Waals surface area contributed by atoms with Gasteiger partial charge in [-0.1, -0.05) is 0 Å². The van der Waals surface area contributed by atoms with Crippen LogP contribution in [0, 0.1) is 11.6 Å². The van der Waals surface area contributed by atoms with E-state index in [1.165, 1.54) is 13.3 Å². The van der Waals surface area contributed by atoms with Gasteiger partial charge in [0, 0.05) is 24.3 Å². The van der Waals surface area contributed by atoms with E-state index in [9.17, 15) is 18.4 Å². The Morgan fingerprint density at radius 2 is 1.79 bits per heavy atom. The number of fused-ring (bicyclic) bond motifs is 1. The van der Waals surface area contributed by atoms with E-state index in [1.807, 2.05) is 13.8 Å². The maximum absolute atomic E-state index is 14.3. The van der Waals surface area contributed by atoms with Crippen molar-refractivity contribution in [2.45, 2.75) is 64.1 Å². The van der Waals surface area contributed by atoms with Gasteiger partial charge in [-0.2, -0.15) is 4.39 Å². The van der Waals surface area contributed by atoms with E-state index in [4.69, 9.17) is 4.74 Å². The molecule has 0 spiro atoms. The first-order valence-corrected chi connectivity index (χ1v) is 9.78. The molecule has 0 unspecified atom stereocenters. The molecule has 2 aliphatic rings. The Labute approximate surface area is 161 Å². The number of halogens is 2. The summed E-state index contributed by atoms with van der Waals surface area (Å²) in [4.78, 5) is 28.2. The third-order valence-corrected chi connectivity index (χ3v) is 5.97. The third-order valence-electron chi connectivity index (χ3n) is 5.97. The Hall–Kier alpha value is -2.44. The minimum atomic E-state index is -1.16. The molecule has 0 N–H and O–H groups in total. The van der Waals surface area contributed by atoms with Gasteiger partial charge >= 0.3 is 0 Å². The minimum Gasteiger partial charge on any atom is -0.491 e. The molecule has 1 saturated heterocycles. The number of hydrogen-bond donors (Lipinski definition) is 0. The number of carbonyl (C=O) groups excluding carboxylic acids is 1. The Bertz CT molecular complexity index is 1000. The summed E-state index contributed by atoms with van der Waals surface area (Å²) in [5, 5.41) is -0.0224. The Kier molecular flexibility index (Phi) is 4.63. The summed E-state index contributed by atoms with van der Waals surface area (Å²) in [6.45, 7) is 3.96. The molecule has 2 heterocycles. The molecule has 150 valence electrons. The van der Waals surface area contributed by atoms with Gasteiger partial charge in [0.15, 0.2) is 11.6 Å². The molecule has 28 heavy (non-hydrogen) atoms. The summed E-state index contributed by atoms with van der Waals surface area (Å²) in [6, 6.07) is 0.985. The van der Waals surface area contributed by atoms with Crippen molar-refractivity contribution in [1.29, 1.82) is 0 Å². The molecule has 1 amide bonds. The molecule has 4 rings (SSSR count). The van der Waals surface area contributed by atoms with E-state index in [-0.39, 0.29) is 46.2 Å². The Balaban J connectivity index is 1.96. The molecular formula is C21H24F2N2O3. The molecule has 1 aromatic heterocycles. The topological polar surface area (TPSA) is 51.5 Å². The fourth-order valence-corrected chi connectivity index (χ4v) is 4.37. The van der Waals surface area contributed by atoms with Gasteiger partial charge in [0.2, 0.25) is 11.2 Å². The monoisotopic (exact) mass is 390 g/mol. The number of pyridine rings is 1. The third kappa shape index (κ3) is 2.88. The lowest BCUT2D eigenvalue weighted by molar-refractivity contribution is 0.0509. The van der Waals surface area contributed by atoms with Crippen molar-refractivity contribution in [3.63, 3.8) is 0 Å². The predicted octanol–water partition coefficient (Wildman–Crippen LogP) is 4.03. The van der Waals surface area contributed by atoms with E-state index >= 15 is 0 Å². The van der Waals surface area contributed by atoms with Gasteiger partial charge < -0.3 is 14.2 Å². The number of amides is 1. The summed E-state index contributed by atoms with van der Waals surface area (Å²) < 4.78 is 35.2. The fraction of sp³-hybridized carbons (Fsp3) is 0.524. The Morgan fingerprint density at radius 3 is 2.36 bits per heavy atom. The average molecular weight is 390 g/mol. The maximum Gasteiger partial charge on any atom is 0.259 e. The summed E-state index contributed by atoms with van der Waals surface area (Å²) in [7, 11) is 1.25.